The van der Waals surface area contributed by atoms with E-state index in [4.69, 9.17) is 4.98 Å². The molecule has 20 aromatic rings. The number of thiophene rings is 2. The second-order valence-corrected chi connectivity index (χ2v) is 25.9. The van der Waals surface area contributed by atoms with Gasteiger partial charge in [-0.15, -0.1) is 22.7 Å². The molecule has 0 aliphatic rings. The van der Waals surface area contributed by atoms with Crippen molar-refractivity contribution in [3.63, 3.8) is 0 Å². The summed E-state index contributed by atoms with van der Waals surface area (Å²) in [6.45, 7) is 0. The summed E-state index contributed by atoms with van der Waals surface area (Å²) >= 11 is 3.71. The highest BCUT2D eigenvalue weighted by atomic mass is 32.1. The Morgan fingerprint density at radius 3 is 1.24 bits per heavy atom. The van der Waals surface area contributed by atoms with E-state index in [1.54, 1.807) is 0 Å². The molecule has 7 heteroatoms. The van der Waals surface area contributed by atoms with E-state index in [-0.39, 0.29) is 0 Å². The van der Waals surface area contributed by atoms with E-state index in [0.29, 0.717) is 0 Å². The van der Waals surface area contributed by atoms with Gasteiger partial charge in [0, 0.05) is 102 Å². The largest absolute Gasteiger partial charge is 0.309 e. The van der Waals surface area contributed by atoms with Crippen molar-refractivity contribution in [3.8, 4) is 56.3 Å². The third-order valence-corrected chi connectivity index (χ3v) is 21.4. The van der Waals surface area contributed by atoms with Crippen molar-refractivity contribution in [2.24, 2.45) is 0 Å². The van der Waals surface area contributed by atoms with Gasteiger partial charge in [-0.3, -0.25) is 4.57 Å². The van der Waals surface area contributed by atoms with Gasteiger partial charge < -0.3 is 13.7 Å². The fourth-order valence-corrected chi connectivity index (χ4v) is 17.4. The predicted molar refractivity (Wildman–Crippen MR) is 384 cm³/mol. The van der Waals surface area contributed by atoms with Crippen molar-refractivity contribution in [1.29, 1.82) is 0 Å². The predicted octanol–water partition coefficient (Wildman–Crippen LogP) is 23.2. The molecule has 90 heavy (non-hydrogen) atoms. The first kappa shape index (κ1) is 49.7. The summed E-state index contributed by atoms with van der Waals surface area (Å²) in [4.78, 5) is 5.10. The molecule has 0 aliphatic heterocycles. The highest BCUT2D eigenvalue weighted by molar-refractivity contribution is 7.26. The van der Waals surface area contributed by atoms with Gasteiger partial charge in [0.05, 0.1) is 48.8 Å². The van der Waals surface area contributed by atoms with E-state index < -0.39 is 0 Å². The molecule has 5 nitrogen and oxygen atoms in total. The van der Waals surface area contributed by atoms with Gasteiger partial charge in [-0.25, -0.2) is 4.98 Å². The van der Waals surface area contributed by atoms with E-state index >= 15 is 0 Å². The molecule has 0 aliphatic carbocycles. The average molecular weight is 1180 g/mol. The van der Waals surface area contributed by atoms with Crippen LogP contribution in [0.1, 0.15) is 0 Å². The van der Waals surface area contributed by atoms with Crippen LogP contribution in [0, 0.1) is 0 Å². The number of nitrogens with zero attached hydrogens (tertiary/aromatic N) is 5. The quantitative estimate of drug-likeness (QED) is 0.157. The molecule has 0 radical (unpaired) electrons. The maximum atomic E-state index is 5.10. The van der Waals surface area contributed by atoms with Gasteiger partial charge in [-0.1, -0.05) is 170 Å². The topological polar surface area (TPSA) is 32.6 Å². The Kier molecular flexibility index (Phi) is 10.5. The van der Waals surface area contributed by atoms with Gasteiger partial charge in [-0.05, 0) is 155 Å². The first-order chi connectivity index (χ1) is 44.6. The van der Waals surface area contributed by atoms with Crippen LogP contribution in [0.25, 0.3) is 184 Å². The van der Waals surface area contributed by atoms with Crippen LogP contribution in [0.4, 0.5) is 0 Å². The smallest absolute Gasteiger partial charge is 0.155 e. The number of fused-ring (bicyclic) bond motifs is 18. The van der Waals surface area contributed by atoms with Crippen LogP contribution in [0.2, 0.25) is 0 Å². The minimum Gasteiger partial charge on any atom is -0.309 e. The zero-order chi connectivity index (χ0) is 58.7. The number of para-hydroxylation sites is 5. The van der Waals surface area contributed by atoms with Crippen molar-refractivity contribution >= 4 is 150 Å². The fraction of sp³-hybridized carbons (Fsp3) is 0. The third kappa shape index (κ3) is 7.21. The van der Waals surface area contributed by atoms with Crippen molar-refractivity contribution in [2.75, 3.05) is 0 Å². The number of benzene rings is 13. The molecular formula is C83H49N5S2. The highest BCUT2D eigenvalue weighted by Crippen LogP contribution is 2.46. The van der Waals surface area contributed by atoms with Crippen LogP contribution in [-0.4, -0.2) is 23.3 Å². The Balaban J connectivity index is 0.669. The first-order valence-corrected chi connectivity index (χ1v) is 32.3. The number of hydrogen-bond acceptors (Lipinski definition) is 3. The molecule has 0 spiro atoms. The lowest BCUT2D eigenvalue weighted by atomic mass is 9.97. The monoisotopic (exact) mass is 1180 g/mol. The molecule has 0 N–H and O–H groups in total. The van der Waals surface area contributed by atoms with Crippen molar-refractivity contribution in [3.05, 3.63) is 297 Å². The molecule has 0 saturated heterocycles. The molecule has 0 bridgehead atoms. The second-order valence-electron chi connectivity index (χ2n) is 23.8. The van der Waals surface area contributed by atoms with Crippen molar-refractivity contribution < 1.29 is 0 Å². The van der Waals surface area contributed by atoms with Gasteiger partial charge in [0.15, 0.2) is 5.82 Å². The lowest BCUT2D eigenvalue weighted by molar-refractivity contribution is 1.11. The zero-order valence-electron chi connectivity index (χ0n) is 48.3. The van der Waals surface area contributed by atoms with E-state index in [1.165, 1.54) is 150 Å². The summed E-state index contributed by atoms with van der Waals surface area (Å²) < 4.78 is 14.8. The summed E-state index contributed by atoms with van der Waals surface area (Å²) in [7, 11) is 0. The molecule has 0 fully saturated rings. The molecule has 0 amide bonds. The minimum atomic E-state index is 0.968. The molecule has 7 aromatic heterocycles. The first-order valence-electron chi connectivity index (χ1n) is 30.7. The Bertz CT molecular complexity index is 6380. The van der Waals surface area contributed by atoms with E-state index in [2.05, 4.69) is 309 Å². The molecular weight excluding hydrogens is 1130 g/mol. The SMILES string of the molecule is c1cc(-c2cccc(-n3c4ccccc4c4cc(-n5c6ccccc6c6cc(-c7ccc8c(c7)c7ccccc7n8-c7ccc8sc9c(-n%10c%11ccccc%11c%11ccccc%11%10)nccc9c8c7)ccc65)ccc43)c2)cc(-c2cccc3c2sc2ccccc23)c1. The fourth-order valence-electron chi connectivity index (χ4n) is 15.0. The Morgan fingerprint density at radius 2 is 0.622 bits per heavy atom. The number of rotatable bonds is 7. The van der Waals surface area contributed by atoms with E-state index in [9.17, 15) is 0 Å². The molecule has 0 unspecified atom stereocenters. The number of pyridine rings is 1. The molecule has 7 heterocycles. The number of aromatic nitrogens is 5. The summed E-state index contributed by atoms with van der Waals surface area (Å²) in [5.41, 5.74) is 20.0. The van der Waals surface area contributed by atoms with Crippen LogP contribution >= 0.6 is 22.7 Å². The molecule has 13 aromatic carbocycles. The van der Waals surface area contributed by atoms with E-state index in [0.717, 1.165) is 33.9 Å². The minimum absolute atomic E-state index is 0.968. The van der Waals surface area contributed by atoms with Gasteiger partial charge in [0.2, 0.25) is 0 Å². The third-order valence-electron chi connectivity index (χ3n) is 19.0. The zero-order valence-corrected chi connectivity index (χ0v) is 50.0. The van der Waals surface area contributed by atoms with Crippen LogP contribution in [0.3, 0.4) is 0 Å². The van der Waals surface area contributed by atoms with Crippen LogP contribution < -0.4 is 0 Å². The van der Waals surface area contributed by atoms with E-state index in [1.807, 2.05) is 28.9 Å². The summed E-state index contributed by atoms with van der Waals surface area (Å²) in [6, 6.07) is 108. The summed E-state index contributed by atoms with van der Waals surface area (Å²) in [6.07, 6.45) is 1.98. The second kappa shape index (κ2) is 19.1. The Hall–Kier alpha value is -11.4. The Morgan fingerprint density at radius 1 is 0.222 bits per heavy atom. The van der Waals surface area contributed by atoms with Gasteiger partial charge >= 0.3 is 0 Å². The van der Waals surface area contributed by atoms with Gasteiger partial charge in [0.1, 0.15) is 0 Å². The average Bonchev–Trinajstić information content (AvgIpc) is 1.79. The maximum absolute atomic E-state index is 5.10. The molecule has 0 saturated carbocycles. The van der Waals surface area contributed by atoms with Crippen molar-refractivity contribution in [2.45, 2.75) is 0 Å². The van der Waals surface area contributed by atoms with Crippen LogP contribution in [0.15, 0.2) is 297 Å². The molecule has 418 valence electrons. The van der Waals surface area contributed by atoms with Crippen LogP contribution in [0.5, 0.6) is 0 Å². The Labute approximate surface area is 523 Å². The summed E-state index contributed by atoms with van der Waals surface area (Å²) in [5.74, 6) is 0.968. The maximum Gasteiger partial charge on any atom is 0.155 e. The molecule has 20 rings (SSSR count). The van der Waals surface area contributed by atoms with Crippen molar-refractivity contribution in [1.82, 2.24) is 23.3 Å². The standard InChI is InChI=1S/C83H49N5S2/c1-10-31-74-59(20-1)60-21-2-11-32-75(60)88(74)83-82-66(42-43-84-83)70-49-57(37-41-80(70)90-82)87-72-29-8-4-23-62(72)68-47-53(35-39-77(68)87)52-34-38-76-67(46-52)61-22-3-7-28-71(61)86(76)56-36-40-78-69(48-56)63-24-5-9-30-73(63)85(78)55-19-14-17-51(45-55)50-16-13-18-54(44-50)58-26-15-27-65-64-25-6-12-33-79(64)89-81(58)65/h1-49H. The van der Waals surface area contributed by atoms with Gasteiger partial charge in [0.25, 0.3) is 0 Å². The van der Waals surface area contributed by atoms with Gasteiger partial charge in [-0.2, -0.15) is 0 Å². The summed E-state index contributed by atoms with van der Waals surface area (Å²) in [5, 5.41) is 14.9. The molecule has 0 atom stereocenters. The normalized spacial score (nSPS) is 12.2. The lowest BCUT2D eigenvalue weighted by Gasteiger charge is -2.12. The number of hydrogen-bond donors (Lipinski definition) is 0. The highest BCUT2D eigenvalue weighted by Gasteiger charge is 2.22. The lowest BCUT2D eigenvalue weighted by Crippen LogP contribution is -1.97. The van der Waals surface area contributed by atoms with Crippen LogP contribution in [-0.2, 0) is 0 Å².